The van der Waals surface area contributed by atoms with Gasteiger partial charge in [-0.3, -0.25) is 4.79 Å². The van der Waals surface area contributed by atoms with E-state index < -0.39 is 0 Å². The summed E-state index contributed by atoms with van der Waals surface area (Å²) in [5.41, 5.74) is 3.34. The topological polar surface area (TPSA) is 61.9 Å². The zero-order chi connectivity index (χ0) is 18.7. The summed E-state index contributed by atoms with van der Waals surface area (Å²) in [6, 6.07) is 7.27. The Morgan fingerprint density at radius 1 is 1.36 bits per heavy atom. The van der Waals surface area contributed by atoms with Gasteiger partial charge in [0.25, 0.3) is 0 Å². The molecule has 0 N–H and O–H groups in total. The van der Waals surface area contributed by atoms with Crippen molar-refractivity contribution in [2.45, 2.75) is 39.7 Å². The molecule has 5 nitrogen and oxygen atoms in total. The van der Waals surface area contributed by atoms with Crippen molar-refractivity contribution in [1.29, 1.82) is 5.26 Å². The summed E-state index contributed by atoms with van der Waals surface area (Å²) in [5.74, 6) is -0.0392. The average Bonchev–Trinajstić information content (AvgIpc) is 2.85. The van der Waals surface area contributed by atoms with Crippen molar-refractivity contribution >= 4 is 29.1 Å². The molecule has 0 fully saturated rings. The van der Waals surface area contributed by atoms with Crippen molar-refractivity contribution < 1.29 is 4.79 Å². The number of aryl methyl sites for hydroxylation is 1. The van der Waals surface area contributed by atoms with Gasteiger partial charge in [0.15, 0.2) is 0 Å². The van der Waals surface area contributed by atoms with Crippen molar-refractivity contribution in [2.75, 3.05) is 7.05 Å². The second-order valence-electron chi connectivity index (χ2n) is 6.05. The number of halogens is 2. The highest BCUT2D eigenvalue weighted by Crippen LogP contribution is 2.26. The van der Waals surface area contributed by atoms with Crippen LogP contribution in [0.25, 0.3) is 5.69 Å². The third-order valence-electron chi connectivity index (χ3n) is 4.36. The molecule has 2 rings (SSSR count). The van der Waals surface area contributed by atoms with E-state index in [4.69, 9.17) is 28.5 Å². The van der Waals surface area contributed by atoms with Gasteiger partial charge in [-0.15, -0.1) is 0 Å². The van der Waals surface area contributed by atoms with Crippen LogP contribution in [0.5, 0.6) is 0 Å². The highest BCUT2D eigenvalue weighted by molar-refractivity contribution is 6.42. The highest BCUT2D eigenvalue weighted by atomic mass is 35.5. The molecule has 0 aliphatic rings. The molecule has 0 aliphatic carbocycles. The van der Waals surface area contributed by atoms with E-state index in [1.807, 2.05) is 26.8 Å². The van der Waals surface area contributed by atoms with E-state index in [1.54, 1.807) is 28.8 Å². The number of rotatable bonds is 5. The summed E-state index contributed by atoms with van der Waals surface area (Å²) in [5, 5.41) is 14.3. The van der Waals surface area contributed by atoms with Gasteiger partial charge in [0.1, 0.15) is 0 Å². The molecule has 132 valence electrons. The predicted octanol–water partition coefficient (Wildman–Crippen LogP) is 4.10. The first-order valence-electron chi connectivity index (χ1n) is 7.89. The Morgan fingerprint density at radius 2 is 2.04 bits per heavy atom. The van der Waals surface area contributed by atoms with Gasteiger partial charge < -0.3 is 4.90 Å². The Hall–Kier alpha value is -2.03. The van der Waals surface area contributed by atoms with Gasteiger partial charge in [0.2, 0.25) is 5.91 Å². The van der Waals surface area contributed by atoms with Gasteiger partial charge in [-0.25, -0.2) is 4.68 Å². The number of hydrogen-bond acceptors (Lipinski definition) is 3. The Morgan fingerprint density at radius 3 is 2.64 bits per heavy atom. The van der Waals surface area contributed by atoms with Crippen LogP contribution in [-0.2, 0) is 11.2 Å². The molecule has 1 aromatic carbocycles. The summed E-state index contributed by atoms with van der Waals surface area (Å²) in [6.45, 7) is 5.66. The van der Waals surface area contributed by atoms with Crippen LogP contribution in [0.2, 0.25) is 10.0 Å². The van der Waals surface area contributed by atoms with Crippen molar-refractivity contribution in [3.63, 3.8) is 0 Å². The Labute approximate surface area is 157 Å². The first kappa shape index (κ1) is 19.3. The lowest BCUT2D eigenvalue weighted by Gasteiger charge is -2.23. The van der Waals surface area contributed by atoms with Crippen LogP contribution < -0.4 is 0 Å². The molecule has 2 aromatic rings. The number of hydrogen-bond donors (Lipinski definition) is 0. The largest absolute Gasteiger partial charge is 0.342 e. The van der Waals surface area contributed by atoms with Gasteiger partial charge in [0.05, 0.1) is 40.3 Å². The molecular formula is C18H20Cl2N4O. The van der Waals surface area contributed by atoms with Crippen LogP contribution in [0, 0.1) is 25.2 Å². The van der Waals surface area contributed by atoms with Crippen LogP contribution in [0.1, 0.15) is 30.3 Å². The van der Waals surface area contributed by atoms with Crippen molar-refractivity contribution in [2.24, 2.45) is 0 Å². The fraction of sp³-hybridized carbons (Fsp3) is 0.389. The molecule has 0 saturated heterocycles. The fourth-order valence-electron chi connectivity index (χ4n) is 2.59. The molecule has 25 heavy (non-hydrogen) atoms. The molecule has 1 aromatic heterocycles. The van der Waals surface area contributed by atoms with Crippen molar-refractivity contribution in [1.82, 2.24) is 14.7 Å². The molecule has 1 heterocycles. The number of carbonyl (C=O) groups excluding carboxylic acids is 1. The molecule has 0 aliphatic heterocycles. The van der Waals surface area contributed by atoms with Crippen LogP contribution >= 0.6 is 23.2 Å². The van der Waals surface area contributed by atoms with Gasteiger partial charge in [-0.1, -0.05) is 23.2 Å². The Balaban J connectivity index is 2.29. The SMILES string of the molecule is Cc1nn(-c2ccc(Cl)c(Cl)c2)c(C)c1CC(=O)N(C)C(C)CC#N. The zero-order valence-corrected chi connectivity index (χ0v) is 16.2. The summed E-state index contributed by atoms with van der Waals surface area (Å²) in [4.78, 5) is 14.1. The second kappa shape index (κ2) is 7.90. The summed E-state index contributed by atoms with van der Waals surface area (Å²) in [6.07, 6.45) is 0.550. The number of likely N-dealkylation sites (N-methyl/N-ethyl adjacent to an activating group) is 1. The predicted molar refractivity (Wildman–Crippen MR) is 99.2 cm³/mol. The zero-order valence-electron chi connectivity index (χ0n) is 14.7. The minimum absolute atomic E-state index is 0.0392. The number of amides is 1. The first-order valence-corrected chi connectivity index (χ1v) is 8.65. The number of aromatic nitrogens is 2. The van der Waals surface area contributed by atoms with E-state index in [1.165, 1.54) is 0 Å². The lowest BCUT2D eigenvalue weighted by Crippen LogP contribution is -2.36. The highest BCUT2D eigenvalue weighted by Gasteiger charge is 2.21. The van der Waals surface area contributed by atoms with Crippen LogP contribution in [0.15, 0.2) is 18.2 Å². The van der Waals surface area contributed by atoms with Gasteiger partial charge >= 0.3 is 0 Å². The van der Waals surface area contributed by atoms with E-state index in [2.05, 4.69) is 11.2 Å². The molecular weight excluding hydrogens is 359 g/mol. The van der Waals surface area contributed by atoms with E-state index in [0.29, 0.717) is 16.5 Å². The summed E-state index contributed by atoms with van der Waals surface area (Å²) < 4.78 is 1.76. The van der Waals surface area contributed by atoms with Crippen molar-refractivity contribution in [3.05, 3.63) is 45.2 Å². The van der Waals surface area contributed by atoms with E-state index in [0.717, 1.165) is 22.6 Å². The maximum Gasteiger partial charge on any atom is 0.227 e. The standard InChI is InChI=1S/C18H20Cl2N4O/c1-11(7-8-21)23(4)18(25)10-15-12(2)22-24(13(15)3)14-5-6-16(19)17(20)9-14/h5-6,9,11H,7,10H2,1-4H3. The van der Waals surface area contributed by atoms with Crippen LogP contribution in [-0.4, -0.2) is 33.7 Å². The Bertz CT molecular complexity index is 838. The average molecular weight is 379 g/mol. The number of benzene rings is 1. The van der Waals surface area contributed by atoms with Gasteiger partial charge in [0, 0.05) is 24.3 Å². The van der Waals surface area contributed by atoms with E-state index >= 15 is 0 Å². The third kappa shape index (κ3) is 4.15. The smallest absolute Gasteiger partial charge is 0.227 e. The molecule has 1 unspecified atom stereocenters. The molecule has 7 heteroatoms. The number of nitriles is 1. The minimum atomic E-state index is -0.122. The molecule has 1 atom stereocenters. The second-order valence-corrected chi connectivity index (χ2v) is 6.87. The molecule has 0 bridgehead atoms. The maximum atomic E-state index is 12.5. The van der Waals surface area contributed by atoms with Gasteiger partial charge in [-0.05, 0) is 39.0 Å². The van der Waals surface area contributed by atoms with Crippen LogP contribution in [0.4, 0.5) is 0 Å². The van der Waals surface area contributed by atoms with Crippen LogP contribution in [0.3, 0.4) is 0 Å². The van der Waals surface area contributed by atoms with Crippen molar-refractivity contribution in [3.8, 4) is 11.8 Å². The Kier molecular flexibility index (Phi) is 6.10. The fourth-order valence-corrected chi connectivity index (χ4v) is 2.88. The number of carbonyl (C=O) groups is 1. The molecule has 0 saturated carbocycles. The number of nitrogens with zero attached hydrogens (tertiary/aromatic N) is 4. The first-order chi connectivity index (χ1) is 11.8. The lowest BCUT2D eigenvalue weighted by atomic mass is 10.1. The quantitative estimate of drug-likeness (QED) is 0.786. The maximum absolute atomic E-state index is 12.5. The third-order valence-corrected chi connectivity index (χ3v) is 5.10. The van der Waals surface area contributed by atoms with Gasteiger partial charge in [-0.2, -0.15) is 10.4 Å². The molecule has 0 radical (unpaired) electrons. The van der Waals surface area contributed by atoms with E-state index in [-0.39, 0.29) is 18.4 Å². The normalized spacial score (nSPS) is 11.9. The van der Waals surface area contributed by atoms with E-state index in [9.17, 15) is 4.79 Å². The minimum Gasteiger partial charge on any atom is -0.342 e. The molecule has 0 spiro atoms. The molecule has 1 amide bonds. The summed E-state index contributed by atoms with van der Waals surface area (Å²) in [7, 11) is 1.72. The lowest BCUT2D eigenvalue weighted by molar-refractivity contribution is -0.130. The monoisotopic (exact) mass is 378 g/mol. The summed E-state index contributed by atoms with van der Waals surface area (Å²) >= 11 is 12.1.